The highest BCUT2D eigenvalue weighted by Crippen LogP contribution is 2.19. The molecule has 0 radical (unpaired) electrons. The molecule has 0 aliphatic heterocycles. The Bertz CT molecular complexity index is 408. The van der Waals surface area contributed by atoms with Crippen LogP contribution in [0.2, 0.25) is 0 Å². The Kier molecular flexibility index (Phi) is 6.78. The molecular weight excluding hydrogens is 269 g/mol. The van der Waals surface area contributed by atoms with Gasteiger partial charge in [0.05, 0.1) is 0 Å². The molecule has 0 amide bonds. The fourth-order valence-corrected chi connectivity index (χ4v) is 1.75. The average molecular weight is 290 g/mol. The van der Waals surface area contributed by atoms with Gasteiger partial charge in [0.2, 0.25) is 5.88 Å². The minimum Gasteiger partial charge on any atom is -0.468 e. The lowest BCUT2D eigenvalue weighted by molar-refractivity contribution is -0.154. The van der Waals surface area contributed by atoms with E-state index in [4.69, 9.17) is 4.74 Å². The van der Waals surface area contributed by atoms with Gasteiger partial charge in [0.25, 0.3) is 0 Å². The number of aryl methyl sites for hydroxylation is 1. The van der Waals surface area contributed by atoms with Crippen LogP contribution in [0.5, 0.6) is 5.88 Å². The Morgan fingerprint density at radius 3 is 2.55 bits per heavy atom. The Morgan fingerprint density at radius 1 is 1.20 bits per heavy atom. The van der Waals surface area contributed by atoms with Crippen LogP contribution in [0.3, 0.4) is 0 Å². The molecule has 0 aliphatic carbocycles. The number of halogens is 3. The van der Waals surface area contributed by atoms with Crippen molar-refractivity contribution in [2.24, 2.45) is 0 Å². The number of nitrogens with zero attached hydrogens (tertiary/aromatic N) is 1. The van der Waals surface area contributed by atoms with Gasteiger partial charge >= 0.3 is 6.18 Å². The predicted molar refractivity (Wildman–Crippen MR) is 71.8 cm³/mol. The van der Waals surface area contributed by atoms with E-state index in [1.807, 2.05) is 13.0 Å². The molecule has 1 N–H and O–H groups in total. The Morgan fingerprint density at radius 2 is 1.95 bits per heavy atom. The lowest BCUT2D eigenvalue weighted by atomic mass is 10.1. The van der Waals surface area contributed by atoms with Crippen LogP contribution < -0.4 is 10.1 Å². The fraction of sp³-hybridized carbons (Fsp3) is 0.643. The van der Waals surface area contributed by atoms with Gasteiger partial charge in [0, 0.05) is 18.3 Å². The molecular formula is C14H21F3N2O. The van der Waals surface area contributed by atoms with E-state index in [1.165, 1.54) is 0 Å². The second kappa shape index (κ2) is 8.09. The van der Waals surface area contributed by atoms with Gasteiger partial charge in [-0.2, -0.15) is 13.2 Å². The Balaban J connectivity index is 2.75. The van der Waals surface area contributed by atoms with E-state index >= 15 is 0 Å². The first-order valence-electron chi connectivity index (χ1n) is 6.84. The van der Waals surface area contributed by atoms with Crippen molar-refractivity contribution >= 4 is 0 Å². The van der Waals surface area contributed by atoms with Crippen molar-refractivity contribution in [3.05, 3.63) is 23.4 Å². The molecule has 114 valence electrons. The molecule has 0 atom stereocenters. The van der Waals surface area contributed by atoms with Gasteiger partial charge in [-0.1, -0.05) is 20.3 Å². The molecule has 0 saturated carbocycles. The summed E-state index contributed by atoms with van der Waals surface area (Å²) in [6, 6.07) is 3.47. The molecule has 1 rings (SSSR count). The van der Waals surface area contributed by atoms with Crippen LogP contribution in [0.4, 0.5) is 13.2 Å². The summed E-state index contributed by atoms with van der Waals surface area (Å²) in [6.07, 6.45) is -1.73. The molecule has 0 spiro atoms. The molecule has 0 aromatic carbocycles. The second-order valence-electron chi connectivity index (χ2n) is 4.64. The first kappa shape index (κ1) is 16.8. The summed E-state index contributed by atoms with van der Waals surface area (Å²) >= 11 is 0. The summed E-state index contributed by atoms with van der Waals surface area (Å²) in [6.45, 7) is 4.22. The summed E-state index contributed by atoms with van der Waals surface area (Å²) in [7, 11) is 0. The number of hydrogen-bond acceptors (Lipinski definition) is 3. The summed E-state index contributed by atoms with van der Waals surface area (Å²) < 4.78 is 41.3. The molecule has 0 aliphatic rings. The van der Waals surface area contributed by atoms with E-state index in [9.17, 15) is 13.2 Å². The molecule has 20 heavy (non-hydrogen) atoms. The zero-order valence-corrected chi connectivity index (χ0v) is 11.9. The minimum atomic E-state index is -4.34. The lowest BCUT2D eigenvalue weighted by Gasteiger charge is -2.12. The van der Waals surface area contributed by atoms with E-state index in [2.05, 4.69) is 17.2 Å². The third-order valence-electron chi connectivity index (χ3n) is 2.56. The zero-order valence-electron chi connectivity index (χ0n) is 11.9. The minimum absolute atomic E-state index is 0.0431. The number of aromatic nitrogens is 1. The van der Waals surface area contributed by atoms with Crippen LogP contribution in [-0.4, -0.2) is 24.3 Å². The predicted octanol–water partition coefficient (Wildman–Crippen LogP) is 3.47. The monoisotopic (exact) mass is 290 g/mol. The number of pyridine rings is 1. The van der Waals surface area contributed by atoms with Crippen molar-refractivity contribution in [1.29, 1.82) is 0 Å². The van der Waals surface area contributed by atoms with Crippen molar-refractivity contribution in [2.75, 3.05) is 13.2 Å². The van der Waals surface area contributed by atoms with Crippen molar-refractivity contribution in [3.63, 3.8) is 0 Å². The number of nitrogens with one attached hydrogen (secondary N) is 1. The molecule has 1 aromatic rings. The van der Waals surface area contributed by atoms with Crippen LogP contribution in [0, 0.1) is 0 Å². The summed E-state index contributed by atoms with van der Waals surface area (Å²) in [5, 5.41) is 3.21. The molecule has 1 heterocycles. The Hall–Kier alpha value is -1.30. The average Bonchev–Trinajstić information content (AvgIpc) is 2.36. The summed E-state index contributed by atoms with van der Waals surface area (Å²) in [5.74, 6) is 0.0431. The first-order chi connectivity index (χ1) is 9.44. The molecule has 3 nitrogen and oxygen atoms in total. The van der Waals surface area contributed by atoms with Gasteiger partial charge in [-0.15, -0.1) is 0 Å². The normalized spacial score (nSPS) is 11.7. The maximum absolute atomic E-state index is 12.2. The standard InChI is InChI=1S/C14H21F3N2O/c1-3-5-12-7-11(9-18-6-4-2)8-13(19-12)20-10-14(15,16)17/h7-8,18H,3-6,9-10H2,1-2H3. The van der Waals surface area contributed by atoms with Crippen LogP contribution in [-0.2, 0) is 13.0 Å². The van der Waals surface area contributed by atoms with E-state index in [0.29, 0.717) is 6.54 Å². The van der Waals surface area contributed by atoms with Crippen LogP contribution >= 0.6 is 0 Å². The fourth-order valence-electron chi connectivity index (χ4n) is 1.75. The van der Waals surface area contributed by atoms with Crippen molar-refractivity contribution in [1.82, 2.24) is 10.3 Å². The third-order valence-corrected chi connectivity index (χ3v) is 2.56. The number of hydrogen-bond donors (Lipinski definition) is 1. The number of alkyl halides is 3. The Labute approximate surface area is 117 Å². The maximum Gasteiger partial charge on any atom is 0.422 e. The van der Waals surface area contributed by atoms with Gasteiger partial charge in [-0.05, 0) is 31.0 Å². The quantitative estimate of drug-likeness (QED) is 0.744. The summed E-state index contributed by atoms with van der Waals surface area (Å²) in [5.41, 5.74) is 1.66. The SMILES string of the molecule is CCCNCc1cc(CCC)nc(OCC(F)(F)F)c1. The molecule has 0 bridgehead atoms. The third kappa shape index (κ3) is 6.75. The molecule has 0 fully saturated rings. The van der Waals surface area contributed by atoms with E-state index in [1.54, 1.807) is 6.07 Å². The number of rotatable bonds is 8. The highest BCUT2D eigenvalue weighted by Gasteiger charge is 2.28. The van der Waals surface area contributed by atoms with Gasteiger partial charge in [0.15, 0.2) is 6.61 Å². The highest BCUT2D eigenvalue weighted by atomic mass is 19.4. The highest BCUT2D eigenvalue weighted by molar-refractivity contribution is 5.25. The van der Waals surface area contributed by atoms with Gasteiger partial charge in [0.1, 0.15) is 0 Å². The van der Waals surface area contributed by atoms with Crippen molar-refractivity contribution in [3.8, 4) is 5.88 Å². The van der Waals surface area contributed by atoms with Gasteiger partial charge in [-0.25, -0.2) is 4.98 Å². The number of ether oxygens (including phenoxy) is 1. The van der Waals surface area contributed by atoms with Crippen LogP contribution in [0.1, 0.15) is 37.9 Å². The smallest absolute Gasteiger partial charge is 0.422 e. The van der Waals surface area contributed by atoms with E-state index in [-0.39, 0.29) is 5.88 Å². The van der Waals surface area contributed by atoms with Gasteiger partial charge in [-0.3, -0.25) is 0 Å². The first-order valence-corrected chi connectivity index (χ1v) is 6.84. The second-order valence-corrected chi connectivity index (χ2v) is 4.64. The maximum atomic E-state index is 12.2. The molecule has 0 unspecified atom stereocenters. The van der Waals surface area contributed by atoms with Crippen LogP contribution in [0.25, 0.3) is 0 Å². The van der Waals surface area contributed by atoms with Crippen LogP contribution in [0.15, 0.2) is 12.1 Å². The zero-order chi connectivity index (χ0) is 15.0. The molecule has 0 saturated heterocycles. The van der Waals surface area contributed by atoms with Gasteiger partial charge < -0.3 is 10.1 Å². The summed E-state index contributed by atoms with van der Waals surface area (Å²) in [4.78, 5) is 4.10. The van der Waals surface area contributed by atoms with E-state index < -0.39 is 12.8 Å². The largest absolute Gasteiger partial charge is 0.468 e. The van der Waals surface area contributed by atoms with Crippen molar-refractivity contribution in [2.45, 2.75) is 45.8 Å². The molecule has 1 aromatic heterocycles. The van der Waals surface area contributed by atoms with Crippen molar-refractivity contribution < 1.29 is 17.9 Å². The lowest BCUT2D eigenvalue weighted by Crippen LogP contribution is -2.20. The topological polar surface area (TPSA) is 34.2 Å². The van der Waals surface area contributed by atoms with E-state index in [0.717, 1.165) is 37.1 Å². The molecule has 6 heteroatoms.